The number of primary amides is 1. The highest BCUT2D eigenvalue weighted by molar-refractivity contribution is 6.09. The van der Waals surface area contributed by atoms with Crippen molar-refractivity contribution in [1.82, 2.24) is 9.80 Å². The van der Waals surface area contributed by atoms with Gasteiger partial charge in [-0.2, -0.15) is 0 Å². The summed E-state index contributed by atoms with van der Waals surface area (Å²) in [7, 11) is 1.84. The molecule has 1 aromatic rings. The van der Waals surface area contributed by atoms with Gasteiger partial charge >= 0.3 is 0 Å². The molecule has 6 nitrogen and oxygen atoms in total. The molecule has 0 aromatic heterocycles. The van der Waals surface area contributed by atoms with Crippen LogP contribution in [0, 0.1) is 0 Å². The number of nitrogens with zero attached hydrogens (tertiary/aromatic N) is 2. The van der Waals surface area contributed by atoms with Gasteiger partial charge < -0.3 is 15.4 Å². The first-order valence-electron chi connectivity index (χ1n) is 10.1. The molecule has 2 amide bonds. The van der Waals surface area contributed by atoms with Gasteiger partial charge in [-0.05, 0) is 50.2 Å². The third-order valence-corrected chi connectivity index (χ3v) is 6.73. The highest BCUT2D eigenvalue weighted by atomic mass is 16.5. The lowest BCUT2D eigenvalue weighted by atomic mass is 9.88. The van der Waals surface area contributed by atoms with Crippen LogP contribution in [0.25, 0.3) is 0 Å². The van der Waals surface area contributed by atoms with Gasteiger partial charge in [0.15, 0.2) is 0 Å². The zero-order chi connectivity index (χ0) is 19.0. The largest absolute Gasteiger partial charge is 0.366 e. The van der Waals surface area contributed by atoms with E-state index in [9.17, 15) is 9.59 Å². The van der Waals surface area contributed by atoms with Crippen LogP contribution in [0.1, 0.15) is 71.2 Å². The van der Waals surface area contributed by atoms with Crippen LogP contribution in [0.4, 0.5) is 0 Å². The fourth-order valence-corrected chi connectivity index (χ4v) is 5.22. The van der Waals surface area contributed by atoms with Crippen molar-refractivity contribution in [2.75, 3.05) is 20.2 Å². The summed E-state index contributed by atoms with van der Waals surface area (Å²) in [4.78, 5) is 29.1. The van der Waals surface area contributed by atoms with Crippen molar-refractivity contribution in [1.29, 1.82) is 0 Å². The number of likely N-dealkylation sites (tertiary alicyclic amines) is 1. The monoisotopic (exact) mass is 371 g/mol. The van der Waals surface area contributed by atoms with Crippen molar-refractivity contribution >= 4 is 11.8 Å². The zero-order valence-corrected chi connectivity index (χ0v) is 16.1. The average molecular weight is 371 g/mol. The smallest absolute Gasteiger partial charge is 0.255 e. The molecule has 0 atom stereocenters. The van der Waals surface area contributed by atoms with Gasteiger partial charge in [0.25, 0.3) is 5.91 Å². The fourth-order valence-electron chi connectivity index (χ4n) is 5.22. The molecule has 6 heteroatoms. The van der Waals surface area contributed by atoms with E-state index in [2.05, 4.69) is 4.90 Å². The lowest BCUT2D eigenvalue weighted by molar-refractivity contribution is -0.166. The van der Waals surface area contributed by atoms with Crippen LogP contribution in [0.5, 0.6) is 0 Å². The molecular weight excluding hydrogens is 342 g/mol. The van der Waals surface area contributed by atoms with E-state index >= 15 is 0 Å². The summed E-state index contributed by atoms with van der Waals surface area (Å²) >= 11 is 0. The summed E-state index contributed by atoms with van der Waals surface area (Å²) in [5.41, 5.74) is 7.13. The third kappa shape index (κ3) is 3.15. The normalized spacial score (nSPS) is 23.4. The first-order chi connectivity index (χ1) is 13.1. The van der Waals surface area contributed by atoms with Gasteiger partial charge in [0.1, 0.15) is 5.72 Å². The number of carbonyl (C=O) groups excluding carboxylic acids is 2. The maximum Gasteiger partial charge on any atom is 0.255 e. The molecule has 0 radical (unpaired) electrons. The minimum Gasteiger partial charge on any atom is -0.366 e. The molecule has 3 aliphatic rings. The standard InChI is InChI=1S/C21H29N3O3/c1-27-21(10-3-2-4-11-21)23-12-8-16(9-13-23)24-14-15-6-5-7-17(19(22)25)18(15)20(24)26/h5-7,16H,2-4,8-14H2,1H3,(H2,22,25). The van der Waals surface area contributed by atoms with Crippen molar-refractivity contribution in [3.63, 3.8) is 0 Å². The topological polar surface area (TPSA) is 75.9 Å². The second-order valence-corrected chi connectivity index (χ2v) is 8.07. The number of ether oxygens (including phenoxy) is 1. The van der Waals surface area contributed by atoms with Gasteiger partial charge in [0.2, 0.25) is 5.91 Å². The van der Waals surface area contributed by atoms with E-state index in [0.29, 0.717) is 17.7 Å². The van der Waals surface area contributed by atoms with Crippen LogP contribution in [-0.4, -0.2) is 53.6 Å². The SMILES string of the molecule is COC1(N2CCC(N3Cc4cccc(C(N)=O)c4C3=O)CC2)CCCCC1. The van der Waals surface area contributed by atoms with E-state index in [1.807, 2.05) is 24.1 Å². The van der Waals surface area contributed by atoms with Gasteiger partial charge in [-0.3, -0.25) is 14.5 Å². The second kappa shape index (κ2) is 7.24. The molecule has 0 spiro atoms. The van der Waals surface area contributed by atoms with E-state index in [0.717, 1.165) is 44.3 Å². The van der Waals surface area contributed by atoms with E-state index < -0.39 is 5.91 Å². The third-order valence-electron chi connectivity index (χ3n) is 6.73. The number of methoxy groups -OCH3 is 1. The van der Waals surface area contributed by atoms with Gasteiger partial charge in [-0.15, -0.1) is 0 Å². The summed E-state index contributed by atoms with van der Waals surface area (Å²) in [6, 6.07) is 5.59. The number of hydrogen-bond donors (Lipinski definition) is 1. The summed E-state index contributed by atoms with van der Waals surface area (Å²) in [5, 5.41) is 0. The first kappa shape index (κ1) is 18.4. The minimum atomic E-state index is -0.531. The molecule has 1 saturated carbocycles. The van der Waals surface area contributed by atoms with Crippen LogP contribution in [0.15, 0.2) is 18.2 Å². The molecule has 1 aromatic carbocycles. The fraction of sp³-hybridized carbons (Fsp3) is 0.619. The van der Waals surface area contributed by atoms with Crippen molar-refractivity contribution in [3.8, 4) is 0 Å². The molecule has 0 bridgehead atoms. The molecule has 0 unspecified atom stereocenters. The lowest BCUT2D eigenvalue weighted by Gasteiger charge is -2.49. The van der Waals surface area contributed by atoms with E-state index in [4.69, 9.17) is 10.5 Å². The van der Waals surface area contributed by atoms with Crippen molar-refractivity contribution in [2.45, 2.75) is 63.3 Å². The molecule has 1 aliphatic carbocycles. The maximum absolute atomic E-state index is 13.0. The Morgan fingerprint density at radius 3 is 2.52 bits per heavy atom. The van der Waals surface area contributed by atoms with Crippen molar-refractivity contribution in [3.05, 3.63) is 34.9 Å². The predicted octanol–water partition coefficient (Wildman–Crippen LogP) is 2.51. The summed E-state index contributed by atoms with van der Waals surface area (Å²) in [6.07, 6.45) is 7.83. The average Bonchev–Trinajstić information content (AvgIpc) is 3.05. The molecule has 146 valence electrons. The number of carbonyl (C=O) groups is 2. The van der Waals surface area contributed by atoms with E-state index in [1.165, 1.54) is 19.3 Å². The highest BCUT2D eigenvalue weighted by Crippen LogP contribution is 2.37. The molecule has 2 aliphatic heterocycles. The van der Waals surface area contributed by atoms with Gasteiger partial charge in [-0.25, -0.2) is 0 Å². The maximum atomic E-state index is 13.0. The number of amides is 2. The Balaban J connectivity index is 1.46. The van der Waals surface area contributed by atoms with Crippen LogP contribution in [0.2, 0.25) is 0 Å². The Bertz CT molecular complexity index is 734. The molecule has 1 saturated heterocycles. The minimum absolute atomic E-state index is 0.0445. The molecule has 2 heterocycles. The van der Waals surface area contributed by atoms with Crippen LogP contribution < -0.4 is 5.73 Å². The number of benzene rings is 1. The zero-order valence-electron chi connectivity index (χ0n) is 16.1. The lowest BCUT2D eigenvalue weighted by Crippen LogP contribution is -2.56. The first-order valence-corrected chi connectivity index (χ1v) is 10.1. The van der Waals surface area contributed by atoms with Gasteiger partial charge in [-0.1, -0.05) is 18.6 Å². The predicted molar refractivity (Wildman–Crippen MR) is 102 cm³/mol. The van der Waals surface area contributed by atoms with Gasteiger partial charge in [0.05, 0.1) is 11.1 Å². The van der Waals surface area contributed by atoms with Crippen LogP contribution in [-0.2, 0) is 11.3 Å². The molecule has 2 N–H and O–H groups in total. The van der Waals surface area contributed by atoms with Crippen LogP contribution >= 0.6 is 0 Å². The van der Waals surface area contributed by atoms with E-state index in [1.54, 1.807) is 6.07 Å². The number of nitrogens with two attached hydrogens (primary N) is 1. The summed E-state index contributed by atoms with van der Waals surface area (Å²) in [5.74, 6) is -0.576. The molecule has 4 rings (SSSR count). The Morgan fingerprint density at radius 2 is 1.89 bits per heavy atom. The van der Waals surface area contributed by atoms with Crippen molar-refractivity contribution in [2.24, 2.45) is 5.73 Å². The Morgan fingerprint density at radius 1 is 1.19 bits per heavy atom. The Kier molecular flexibility index (Phi) is 4.95. The van der Waals surface area contributed by atoms with Gasteiger partial charge in [0, 0.05) is 32.8 Å². The number of fused-ring (bicyclic) bond motifs is 1. The molecular formula is C21H29N3O3. The Hall–Kier alpha value is -1.92. The van der Waals surface area contributed by atoms with Crippen molar-refractivity contribution < 1.29 is 14.3 Å². The number of hydrogen-bond acceptors (Lipinski definition) is 4. The Labute approximate surface area is 160 Å². The number of rotatable bonds is 4. The second-order valence-electron chi connectivity index (χ2n) is 8.07. The molecule has 2 fully saturated rings. The summed E-state index contributed by atoms with van der Waals surface area (Å²) in [6.45, 7) is 2.47. The summed E-state index contributed by atoms with van der Waals surface area (Å²) < 4.78 is 5.99. The number of piperidine rings is 1. The van der Waals surface area contributed by atoms with E-state index in [-0.39, 0.29) is 17.7 Å². The quantitative estimate of drug-likeness (QED) is 0.882. The highest BCUT2D eigenvalue weighted by Gasteiger charge is 2.42. The van der Waals surface area contributed by atoms with Crippen LogP contribution in [0.3, 0.4) is 0 Å². The molecule has 27 heavy (non-hydrogen) atoms.